The predicted octanol–water partition coefficient (Wildman–Crippen LogP) is 0.726. The molecular weight excluding hydrogens is 249 g/mol. The van der Waals surface area contributed by atoms with Gasteiger partial charge in [-0.05, 0) is 5.56 Å². The number of benzene rings is 1. The van der Waals surface area contributed by atoms with E-state index >= 15 is 0 Å². The van der Waals surface area contributed by atoms with Gasteiger partial charge in [-0.15, -0.1) is 0 Å². The van der Waals surface area contributed by atoms with Crippen molar-refractivity contribution in [2.75, 3.05) is 6.54 Å². The van der Waals surface area contributed by atoms with E-state index in [1.54, 1.807) is 30.3 Å². The van der Waals surface area contributed by atoms with Gasteiger partial charge in [-0.3, -0.25) is 4.79 Å². The van der Waals surface area contributed by atoms with E-state index in [4.69, 9.17) is 10.8 Å². The Labute approximate surface area is 102 Å². The number of hydrogen-bond donors (Lipinski definition) is 3. The Balaban J connectivity index is 2.52. The van der Waals surface area contributed by atoms with Gasteiger partial charge in [0.2, 0.25) is 5.91 Å². The van der Waals surface area contributed by atoms with E-state index in [2.05, 4.69) is 0 Å². The summed E-state index contributed by atoms with van der Waals surface area (Å²) in [4.78, 5) is 11.5. The highest BCUT2D eigenvalue weighted by atomic mass is 19.4. The molecule has 4 N–H and O–H groups in total. The Morgan fingerprint density at radius 2 is 1.89 bits per heavy atom. The molecule has 0 radical (unpaired) electrons. The smallest absolute Gasteiger partial charge is 0.382 e. The SMILES string of the molecule is NC(C(=O)NCC(O)C(F)(F)F)c1ccccc1. The number of rotatable bonds is 4. The van der Waals surface area contributed by atoms with Crippen molar-refractivity contribution in [2.45, 2.75) is 18.3 Å². The molecule has 7 heteroatoms. The van der Waals surface area contributed by atoms with E-state index in [0.717, 1.165) is 0 Å². The molecule has 0 aliphatic rings. The molecular formula is C11H13F3N2O2. The fourth-order valence-electron chi connectivity index (χ4n) is 1.23. The van der Waals surface area contributed by atoms with E-state index < -0.39 is 30.8 Å². The van der Waals surface area contributed by atoms with Crippen molar-refractivity contribution in [3.8, 4) is 0 Å². The number of hydrogen-bond acceptors (Lipinski definition) is 3. The van der Waals surface area contributed by atoms with Crippen molar-refractivity contribution < 1.29 is 23.1 Å². The summed E-state index contributed by atoms with van der Waals surface area (Å²) in [6, 6.07) is 7.16. The normalized spacial score (nSPS) is 14.9. The number of carbonyl (C=O) groups excluding carboxylic acids is 1. The summed E-state index contributed by atoms with van der Waals surface area (Å²) in [5.74, 6) is -0.774. The maximum absolute atomic E-state index is 12.0. The maximum atomic E-state index is 12.0. The van der Waals surface area contributed by atoms with Crippen molar-refractivity contribution in [3.63, 3.8) is 0 Å². The van der Waals surface area contributed by atoms with Crippen LogP contribution in [0.15, 0.2) is 30.3 Å². The van der Waals surface area contributed by atoms with Gasteiger partial charge in [0.1, 0.15) is 6.04 Å². The Morgan fingerprint density at radius 3 is 2.39 bits per heavy atom. The van der Waals surface area contributed by atoms with E-state index in [1.165, 1.54) is 0 Å². The van der Waals surface area contributed by atoms with Gasteiger partial charge in [-0.1, -0.05) is 30.3 Å². The number of alkyl halides is 3. The van der Waals surface area contributed by atoms with Crippen molar-refractivity contribution in [1.82, 2.24) is 5.32 Å². The fraction of sp³-hybridized carbons (Fsp3) is 0.364. The van der Waals surface area contributed by atoms with Crippen LogP contribution >= 0.6 is 0 Å². The molecule has 2 unspecified atom stereocenters. The molecule has 0 fully saturated rings. The first kappa shape index (κ1) is 14.5. The minimum absolute atomic E-state index is 0.483. The quantitative estimate of drug-likeness (QED) is 0.748. The largest absolute Gasteiger partial charge is 0.416 e. The zero-order chi connectivity index (χ0) is 13.8. The summed E-state index contributed by atoms with van der Waals surface area (Å²) in [7, 11) is 0. The lowest BCUT2D eigenvalue weighted by Crippen LogP contribution is -2.43. The van der Waals surface area contributed by atoms with Gasteiger partial charge in [0, 0.05) is 0 Å². The summed E-state index contributed by atoms with van der Waals surface area (Å²) < 4.78 is 36.0. The molecule has 0 bridgehead atoms. The molecule has 0 aromatic heterocycles. The topological polar surface area (TPSA) is 75.4 Å². The highest BCUT2D eigenvalue weighted by Gasteiger charge is 2.38. The number of halogens is 3. The Hall–Kier alpha value is -1.60. The molecule has 0 spiro atoms. The third-order valence-electron chi connectivity index (χ3n) is 2.29. The van der Waals surface area contributed by atoms with Crippen molar-refractivity contribution in [3.05, 3.63) is 35.9 Å². The lowest BCUT2D eigenvalue weighted by molar-refractivity contribution is -0.201. The van der Waals surface area contributed by atoms with Crippen molar-refractivity contribution >= 4 is 5.91 Å². The van der Waals surface area contributed by atoms with Gasteiger partial charge in [0.15, 0.2) is 6.10 Å². The van der Waals surface area contributed by atoms with Crippen LogP contribution in [0.4, 0.5) is 13.2 Å². The molecule has 2 atom stereocenters. The summed E-state index contributed by atoms with van der Waals surface area (Å²) in [5, 5.41) is 10.7. The van der Waals surface area contributed by atoms with Crippen molar-refractivity contribution in [2.24, 2.45) is 5.73 Å². The zero-order valence-electron chi connectivity index (χ0n) is 9.32. The predicted molar refractivity (Wildman–Crippen MR) is 58.4 cm³/mol. The molecule has 0 aliphatic carbocycles. The van der Waals surface area contributed by atoms with Crippen molar-refractivity contribution in [1.29, 1.82) is 0 Å². The first-order valence-electron chi connectivity index (χ1n) is 5.15. The lowest BCUT2D eigenvalue weighted by atomic mass is 10.1. The number of aliphatic hydroxyl groups excluding tert-OH is 1. The molecule has 4 nitrogen and oxygen atoms in total. The number of nitrogens with one attached hydrogen (secondary N) is 1. The number of carbonyl (C=O) groups is 1. The van der Waals surface area contributed by atoms with Gasteiger partial charge in [0.05, 0.1) is 6.54 Å². The number of aliphatic hydroxyl groups is 1. The molecule has 0 saturated heterocycles. The van der Waals surface area contributed by atoms with Gasteiger partial charge in [0.25, 0.3) is 0 Å². The molecule has 18 heavy (non-hydrogen) atoms. The van der Waals surface area contributed by atoms with Gasteiger partial charge >= 0.3 is 6.18 Å². The summed E-state index contributed by atoms with van der Waals surface area (Å²) >= 11 is 0. The number of nitrogens with two attached hydrogens (primary N) is 1. The maximum Gasteiger partial charge on any atom is 0.416 e. The Bertz CT molecular complexity index is 395. The van der Waals surface area contributed by atoms with Crippen LogP contribution in [0.5, 0.6) is 0 Å². The molecule has 1 aromatic rings. The zero-order valence-corrected chi connectivity index (χ0v) is 9.32. The molecule has 1 amide bonds. The summed E-state index contributed by atoms with van der Waals surface area (Å²) in [5.41, 5.74) is 6.04. The average Bonchev–Trinajstić information content (AvgIpc) is 2.34. The van der Waals surface area contributed by atoms with Crippen LogP contribution in [-0.2, 0) is 4.79 Å². The fourth-order valence-corrected chi connectivity index (χ4v) is 1.23. The lowest BCUT2D eigenvalue weighted by Gasteiger charge is -2.17. The van der Waals surface area contributed by atoms with E-state index in [-0.39, 0.29) is 0 Å². The molecule has 100 valence electrons. The van der Waals surface area contributed by atoms with Crippen LogP contribution in [0.1, 0.15) is 11.6 Å². The van der Waals surface area contributed by atoms with Gasteiger partial charge in [-0.25, -0.2) is 0 Å². The monoisotopic (exact) mass is 262 g/mol. The first-order chi connectivity index (χ1) is 8.32. The summed E-state index contributed by atoms with van der Waals surface area (Å²) in [6.07, 6.45) is -7.35. The average molecular weight is 262 g/mol. The Kier molecular flexibility index (Phi) is 4.69. The molecule has 1 aromatic carbocycles. The van der Waals surface area contributed by atoms with Crippen LogP contribution in [0, 0.1) is 0 Å². The standard InChI is InChI=1S/C11H13F3N2O2/c12-11(13,14)8(17)6-16-10(18)9(15)7-4-2-1-3-5-7/h1-5,8-9,17H,6,15H2,(H,16,18). The number of amides is 1. The van der Waals surface area contributed by atoms with E-state index in [1.807, 2.05) is 5.32 Å². The third-order valence-corrected chi connectivity index (χ3v) is 2.29. The third kappa shape index (κ3) is 4.01. The van der Waals surface area contributed by atoms with Crippen LogP contribution in [-0.4, -0.2) is 29.8 Å². The second kappa shape index (κ2) is 5.83. The molecule has 0 heterocycles. The van der Waals surface area contributed by atoms with Gasteiger partial charge in [-0.2, -0.15) is 13.2 Å². The summed E-state index contributed by atoms with van der Waals surface area (Å²) in [6.45, 7) is -0.914. The van der Waals surface area contributed by atoms with Gasteiger partial charge < -0.3 is 16.2 Å². The molecule has 1 rings (SSSR count). The van der Waals surface area contributed by atoms with Crippen LogP contribution in [0.3, 0.4) is 0 Å². The first-order valence-corrected chi connectivity index (χ1v) is 5.15. The Morgan fingerprint density at radius 1 is 1.33 bits per heavy atom. The minimum Gasteiger partial charge on any atom is -0.382 e. The highest BCUT2D eigenvalue weighted by molar-refractivity contribution is 5.82. The van der Waals surface area contributed by atoms with Crippen LogP contribution < -0.4 is 11.1 Å². The van der Waals surface area contributed by atoms with E-state index in [0.29, 0.717) is 5.56 Å². The minimum atomic E-state index is -4.76. The second-order valence-electron chi connectivity index (χ2n) is 3.69. The van der Waals surface area contributed by atoms with Crippen LogP contribution in [0.25, 0.3) is 0 Å². The van der Waals surface area contributed by atoms with Crippen LogP contribution in [0.2, 0.25) is 0 Å². The second-order valence-corrected chi connectivity index (χ2v) is 3.69. The van der Waals surface area contributed by atoms with E-state index in [9.17, 15) is 18.0 Å². The molecule has 0 saturated carbocycles. The molecule has 0 aliphatic heterocycles. The highest BCUT2D eigenvalue weighted by Crippen LogP contribution is 2.19.